The van der Waals surface area contributed by atoms with E-state index in [1.165, 1.54) is 0 Å². The van der Waals surface area contributed by atoms with Crippen molar-refractivity contribution in [2.45, 2.75) is 26.2 Å². The van der Waals surface area contributed by atoms with E-state index in [9.17, 15) is 0 Å². The van der Waals surface area contributed by atoms with Crippen molar-refractivity contribution in [3.05, 3.63) is 12.3 Å². The van der Waals surface area contributed by atoms with E-state index in [0.717, 1.165) is 38.0 Å². The molecule has 2 heteroatoms. The predicted octanol–water partition coefficient (Wildman–Crippen LogP) is 2.15. The highest BCUT2D eigenvalue weighted by atomic mass is 15.1. The summed E-state index contributed by atoms with van der Waals surface area (Å²) in [4.78, 5) is 2.28. The van der Waals surface area contributed by atoms with E-state index in [2.05, 4.69) is 17.5 Å². The third-order valence-corrected chi connectivity index (χ3v) is 2.45. The summed E-state index contributed by atoms with van der Waals surface area (Å²) in [5.74, 6) is 0.273. The van der Waals surface area contributed by atoms with E-state index in [-0.39, 0.29) is 5.92 Å². The van der Waals surface area contributed by atoms with Crippen molar-refractivity contribution in [3.63, 3.8) is 0 Å². The molecule has 1 unspecified atom stereocenters. The van der Waals surface area contributed by atoms with Crippen LogP contribution >= 0.6 is 0 Å². The van der Waals surface area contributed by atoms with Crippen LogP contribution in [-0.4, -0.2) is 18.0 Å². The van der Waals surface area contributed by atoms with Crippen molar-refractivity contribution in [3.8, 4) is 6.07 Å². The molecule has 1 aliphatic heterocycles. The van der Waals surface area contributed by atoms with Crippen molar-refractivity contribution >= 4 is 0 Å². The van der Waals surface area contributed by atoms with Crippen LogP contribution in [-0.2, 0) is 0 Å². The molecule has 0 amide bonds. The summed E-state index contributed by atoms with van der Waals surface area (Å²) in [5.41, 5.74) is 1.13. The second-order valence-corrected chi connectivity index (χ2v) is 3.48. The minimum atomic E-state index is 0.273. The normalized spacial score (nSPS) is 24.3. The first kappa shape index (κ1) is 9.12. The van der Waals surface area contributed by atoms with Crippen molar-refractivity contribution < 1.29 is 0 Å². The monoisotopic (exact) mass is 164 g/mol. The standard InChI is InChI=1S/C10H16N2/c1-9(2)12-6-3-4-10(8-11)5-7-12/h10H,1,3-7H2,2H3. The molecular weight excluding hydrogens is 148 g/mol. The van der Waals surface area contributed by atoms with E-state index in [1.807, 2.05) is 6.92 Å². The van der Waals surface area contributed by atoms with Crippen LogP contribution in [0.25, 0.3) is 0 Å². The lowest BCUT2D eigenvalue weighted by Crippen LogP contribution is -2.21. The smallest absolute Gasteiger partial charge is 0.0656 e. The molecule has 0 aromatic heterocycles. The second-order valence-electron chi connectivity index (χ2n) is 3.48. The molecule has 0 radical (unpaired) electrons. The summed E-state index contributed by atoms with van der Waals surface area (Å²) in [6, 6.07) is 2.35. The maximum absolute atomic E-state index is 8.75. The van der Waals surface area contributed by atoms with Crippen molar-refractivity contribution in [1.29, 1.82) is 5.26 Å². The fourth-order valence-corrected chi connectivity index (χ4v) is 1.61. The van der Waals surface area contributed by atoms with Crippen LogP contribution in [0.2, 0.25) is 0 Å². The Hall–Kier alpha value is -0.970. The minimum absolute atomic E-state index is 0.273. The van der Waals surface area contributed by atoms with Gasteiger partial charge >= 0.3 is 0 Å². The third-order valence-electron chi connectivity index (χ3n) is 2.45. The molecule has 1 rings (SSSR count). The van der Waals surface area contributed by atoms with Gasteiger partial charge in [-0.25, -0.2) is 0 Å². The van der Waals surface area contributed by atoms with Gasteiger partial charge in [-0.15, -0.1) is 0 Å². The lowest BCUT2D eigenvalue weighted by molar-refractivity contribution is 0.358. The van der Waals surface area contributed by atoms with Crippen LogP contribution in [0.1, 0.15) is 26.2 Å². The van der Waals surface area contributed by atoms with E-state index in [0.29, 0.717) is 0 Å². The summed E-state index contributed by atoms with van der Waals surface area (Å²) >= 11 is 0. The van der Waals surface area contributed by atoms with Gasteiger partial charge in [-0.3, -0.25) is 0 Å². The lowest BCUT2D eigenvalue weighted by atomic mass is 10.0. The molecule has 0 N–H and O–H groups in total. The summed E-state index contributed by atoms with van der Waals surface area (Å²) < 4.78 is 0. The highest BCUT2D eigenvalue weighted by Gasteiger charge is 2.15. The zero-order valence-electron chi connectivity index (χ0n) is 7.71. The largest absolute Gasteiger partial charge is 0.375 e. The first-order valence-corrected chi connectivity index (χ1v) is 4.54. The Bertz CT molecular complexity index is 202. The third kappa shape index (κ3) is 2.27. The molecule has 1 heterocycles. The van der Waals surface area contributed by atoms with Gasteiger partial charge in [0, 0.05) is 24.7 Å². The quantitative estimate of drug-likeness (QED) is 0.593. The highest BCUT2D eigenvalue weighted by Crippen LogP contribution is 2.18. The summed E-state index contributed by atoms with van der Waals surface area (Å²) in [5, 5.41) is 8.75. The number of rotatable bonds is 1. The number of nitriles is 1. The summed E-state index contributed by atoms with van der Waals surface area (Å²) in [6.45, 7) is 8.03. The lowest BCUT2D eigenvalue weighted by Gasteiger charge is -2.21. The van der Waals surface area contributed by atoms with Crippen LogP contribution in [0.5, 0.6) is 0 Å². The van der Waals surface area contributed by atoms with Gasteiger partial charge in [0.2, 0.25) is 0 Å². The van der Waals surface area contributed by atoms with E-state index in [4.69, 9.17) is 5.26 Å². The highest BCUT2D eigenvalue weighted by molar-refractivity contribution is 4.93. The molecule has 1 fully saturated rings. The molecule has 0 bridgehead atoms. The average molecular weight is 164 g/mol. The molecule has 0 aliphatic carbocycles. The predicted molar refractivity (Wildman–Crippen MR) is 49.3 cm³/mol. The van der Waals surface area contributed by atoms with Crippen LogP contribution < -0.4 is 0 Å². The Kier molecular flexibility index (Phi) is 3.16. The Labute approximate surface area is 74.5 Å². The maximum Gasteiger partial charge on any atom is 0.0656 e. The number of likely N-dealkylation sites (tertiary alicyclic amines) is 1. The Balaban J connectivity index is 2.45. The number of allylic oxidation sites excluding steroid dienone is 1. The van der Waals surface area contributed by atoms with E-state index in [1.54, 1.807) is 0 Å². The molecule has 0 aromatic rings. The van der Waals surface area contributed by atoms with Crippen molar-refractivity contribution in [1.82, 2.24) is 4.90 Å². The molecule has 0 aromatic carbocycles. The Morgan fingerprint density at radius 3 is 2.83 bits per heavy atom. The van der Waals surface area contributed by atoms with Crippen LogP contribution in [0.15, 0.2) is 12.3 Å². The van der Waals surface area contributed by atoms with Gasteiger partial charge in [-0.05, 0) is 26.2 Å². The Morgan fingerprint density at radius 2 is 2.25 bits per heavy atom. The molecule has 0 spiro atoms. The maximum atomic E-state index is 8.75. The van der Waals surface area contributed by atoms with Crippen LogP contribution in [0, 0.1) is 17.2 Å². The van der Waals surface area contributed by atoms with E-state index >= 15 is 0 Å². The van der Waals surface area contributed by atoms with Gasteiger partial charge in [-0.1, -0.05) is 6.58 Å². The first-order chi connectivity index (χ1) is 5.74. The van der Waals surface area contributed by atoms with E-state index < -0.39 is 0 Å². The first-order valence-electron chi connectivity index (χ1n) is 4.54. The molecule has 1 atom stereocenters. The number of hydrogen-bond acceptors (Lipinski definition) is 2. The van der Waals surface area contributed by atoms with Crippen LogP contribution in [0.4, 0.5) is 0 Å². The zero-order valence-corrected chi connectivity index (χ0v) is 7.71. The SMILES string of the molecule is C=C(C)N1CCCC(C#N)CC1. The Morgan fingerprint density at radius 1 is 1.50 bits per heavy atom. The fraction of sp³-hybridized carbons (Fsp3) is 0.700. The molecule has 12 heavy (non-hydrogen) atoms. The van der Waals surface area contributed by atoms with Gasteiger partial charge in [-0.2, -0.15) is 5.26 Å². The van der Waals surface area contributed by atoms with Crippen molar-refractivity contribution in [2.75, 3.05) is 13.1 Å². The number of nitrogens with zero attached hydrogens (tertiary/aromatic N) is 2. The van der Waals surface area contributed by atoms with Gasteiger partial charge in [0.1, 0.15) is 0 Å². The molecule has 0 saturated carbocycles. The number of hydrogen-bond donors (Lipinski definition) is 0. The summed E-state index contributed by atoms with van der Waals surface area (Å²) in [7, 11) is 0. The molecule has 1 aliphatic rings. The summed E-state index contributed by atoms with van der Waals surface area (Å²) in [6.07, 6.45) is 3.19. The minimum Gasteiger partial charge on any atom is -0.375 e. The van der Waals surface area contributed by atoms with Gasteiger partial charge in [0.05, 0.1) is 6.07 Å². The van der Waals surface area contributed by atoms with Gasteiger partial charge < -0.3 is 4.90 Å². The topological polar surface area (TPSA) is 27.0 Å². The average Bonchev–Trinajstić information content (AvgIpc) is 2.28. The molecular formula is C10H16N2. The zero-order chi connectivity index (χ0) is 8.97. The van der Waals surface area contributed by atoms with Gasteiger partial charge in [0.25, 0.3) is 0 Å². The van der Waals surface area contributed by atoms with Crippen LogP contribution in [0.3, 0.4) is 0 Å². The molecule has 1 saturated heterocycles. The van der Waals surface area contributed by atoms with Gasteiger partial charge in [0.15, 0.2) is 0 Å². The molecule has 2 nitrogen and oxygen atoms in total. The molecule has 66 valence electrons. The van der Waals surface area contributed by atoms with Crippen molar-refractivity contribution in [2.24, 2.45) is 5.92 Å². The fourth-order valence-electron chi connectivity index (χ4n) is 1.61. The second kappa shape index (κ2) is 4.15.